The molecule has 0 unspecified atom stereocenters. The van der Waals surface area contributed by atoms with Crippen LogP contribution in [0.3, 0.4) is 0 Å². The summed E-state index contributed by atoms with van der Waals surface area (Å²) in [6.45, 7) is 0. The van der Waals surface area contributed by atoms with Gasteiger partial charge in [0, 0.05) is 0 Å². The van der Waals surface area contributed by atoms with Gasteiger partial charge >= 0.3 is 0 Å². The molecular weight excluding hydrogens is 314 g/mol. The second kappa shape index (κ2) is 6.89. The zero-order valence-corrected chi connectivity index (χ0v) is 12.5. The SMILES string of the molecule is N[C@@H](Cc1ccccc1)C(=O)Nc1c(Cl)cc(F)cc1Cl. The third-order valence-electron chi connectivity index (χ3n) is 2.89. The van der Waals surface area contributed by atoms with Crippen LogP contribution < -0.4 is 11.1 Å². The largest absolute Gasteiger partial charge is 0.322 e. The van der Waals surface area contributed by atoms with Crippen molar-refractivity contribution < 1.29 is 9.18 Å². The van der Waals surface area contributed by atoms with Crippen LogP contribution in [0.5, 0.6) is 0 Å². The van der Waals surface area contributed by atoms with Crippen LogP contribution in [0.25, 0.3) is 0 Å². The monoisotopic (exact) mass is 326 g/mol. The minimum atomic E-state index is -0.760. The van der Waals surface area contributed by atoms with Gasteiger partial charge in [-0.3, -0.25) is 4.79 Å². The molecule has 0 heterocycles. The van der Waals surface area contributed by atoms with Crippen LogP contribution in [0.15, 0.2) is 42.5 Å². The number of nitrogens with one attached hydrogen (secondary N) is 1. The fraction of sp³-hybridized carbons (Fsp3) is 0.133. The van der Waals surface area contributed by atoms with E-state index in [0.717, 1.165) is 17.7 Å². The lowest BCUT2D eigenvalue weighted by Gasteiger charge is -2.14. The predicted molar refractivity (Wildman–Crippen MR) is 83.2 cm³/mol. The molecule has 3 N–H and O–H groups in total. The molecule has 0 spiro atoms. The summed E-state index contributed by atoms with van der Waals surface area (Å²) in [6, 6.07) is 10.8. The van der Waals surface area contributed by atoms with Crippen molar-refractivity contribution in [3.8, 4) is 0 Å². The van der Waals surface area contributed by atoms with E-state index in [9.17, 15) is 9.18 Å². The minimum Gasteiger partial charge on any atom is -0.322 e. The number of halogens is 3. The number of amides is 1. The summed E-state index contributed by atoms with van der Waals surface area (Å²) in [4.78, 5) is 12.1. The van der Waals surface area contributed by atoms with E-state index >= 15 is 0 Å². The van der Waals surface area contributed by atoms with Crippen molar-refractivity contribution in [2.24, 2.45) is 5.73 Å². The van der Waals surface area contributed by atoms with Crippen LogP contribution in [0.4, 0.5) is 10.1 Å². The van der Waals surface area contributed by atoms with E-state index in [1.54, 1.807) is 0 Å². The Hall–Kier alpha value is -1.62. The molecule has 0 aliphatic heterocycles. The maximum absolute atomic E-state index is 13.1. The van der Waals surface area contributed by atoms with Crippen LogP contribution in [-0.4, -0.2) is 11.9 Å². The molecule has 0 aliphatic rings. The van der Waals surface area contributed by atoms with Crippen LogP contribution in [0.1, 0.15) is 5.56 Å². The van der Waals surface area contributed by atoms with Crippen LogP contribution in [0, 0.1) is 5.82 Å². The molecule has 6 heteroatoms. The van der Waals surface area contributed by atoms with E-state index in [4.69, 9.17) is 28.9 Å². The van der Waals surface area contributed by atoms with Crippen molar-refractivity contribution in [1.29, 1.82) is 0 Å². The zero-order valence-electron chi connectivity index (χ0n) is 10.9. The Labute approximate surface area is 131 Å². The van der Waals surface area contributed by atoms with Gasteiger partial charge in [-0.1, -0.05) is 53.5 Å². The number of hydrogen-bond donors (Lipinski definition) is 2. The average molecular weight is 327 g/mol. The number of benzene rings is 2. The molecule has 2 aromatic carbocycles. The van der Waals surface area contributed by atoms with Crippen molar-refractivity contribution in [2.45, 2.75) is 12.5 Å². The molecule has 0 radical (unpaired) electrons. The molecule has 1 amide bonds. The molecule has 0 saturated carbocycles. The number of anilines is 1. The molecule has 0 aliphatic carbocycles. The number of hydrogen-bond acceptors (Lipinski definition) is 2. The van der Waals surface area contributed by atoms with Crippen LogP contribution in [0.2, 0.25) is 10.0 Å². The molecule has 21 heavy (non-hydrogen) atoms. The van der Waals surface area contributed by atoms with Crippen molar-refractivity contribution in [3.05, 3.63) is 63.9 Å². The van der Waals surface area contributed by atoms with Gasteiger partial charge in [-0.05, 0) is 24.1 Å². The van der Waals surface area contributed by atoms with Gasteiger partial charge in [0.25, 0.3) is 0 Å². The van der Waals surface area contributed by atoms with E-state index in [0.29, 0.717) is 6.42 Å². The molecule has 2 aromatic rings. The van der Waals surface area contributed by atoms with Gasteiger partial charge in [-0.2, -0.15) is 0 Å². The third-order valence-corrected chi connectivity index (χ3v) is 3.49. The normalized spacial score (nSPS) is 12.0. The topological polar surface area (TPSA) is 55.1 Å². The van der Waals surface area contributed by atoms with E-state index in [-0.39, 0.29) is 15.7 Å². The Morgan fingerprint density at radius 1 is 1.19 bits per heavy atom. The summed E-state index contributed by atoms with van der Waals surface area (Å²) in [7, 11) is 0. The first kappa shape index (κ1) is 15.8. The molecule has 0 fully saturated rings. The maximum Gasteiger partial charge on any atom is 0.241 e. The Morgan fingerprint density at radius 3 is 2.33 bits per heavy atom. The van der Waals surface area contributed by atoms with E-state index in [1.165, 1.54) is 0 Å². The number of carbonyl (C=O) groups excluding carboxylic acids is 1. The molecule has 1 atom stereocenters. The van der Waals surface area contributed by atoms with E-state index < -0.39 is 17.8 Å². The molecule has 0 aromatic heterocycles. The van der Waals surface area contributed by atoms with Crippen molar-refractivity contribution in [2.75, 3.05) is 5.32 Å². The van der Waals surface area contributed by atoms with Crippen LogP contribution in [-0.2, 0) is 11.2 Å². The summed E-state index contributed by atoms with van der Waals surface area (Å²) >= 11 is 11.7. The number of carbonyl (C=O) groups is 1. The van der Waals surface area contributed by atoms with Crippen molar-refractivity contribution in [3.63, 3.8) is 0 Å². The summed E-state index contributed by atoms with van der Waals surface area (Å²) in [5.74, 6) is -1.01. The third kappa shape index (κ3) is 4.17. The second-order valence-electron chi connectivity index (χ2n) is 4.53. The molecule has 3 nitrogen and oxygen atoms in total. The lowest BCUT2D eigenvalue weighted by atomic mass is 10.1. The fourth-order valence-corrected chi connectivity index (χ4v) is 2.39. The van der Waals surface area contributed by atoms with Gasteiger partial charge in [0.2, 0.25) is 5.91 Å². The highest BCUT2D eigenvalue weighted by atomic mass is 35.5. The zero-order chi connectivity index (χ0) is 15.4. The quantitative estimate of drug-likeness (QED) is 0.901. The van der Waals surface area contributed by atoms with Gasteiger partial charge in [-0.25, -0.2) is 4.39 Å². The van der Waals surface area contributed by atoms with Gasteiger partial charge < -0.3 is 11.1 Å². The molecule has 0 bridgehead atoms. The number of rotatable bonds is 4. The van der Waals surface area contributed by atoms with E-state index in [1.807, 2.05) is 30.3 Å². The van der Waals surface area contributed by atoms with E-state index in [2.05, 4.69) is 5.32 Å². The summed E-state index contributed by atoms with van der Waals surface area (Å²) < 4.78 is 13.1. The summed E-state index contributed by atoms with van der Waals surface area (Å²) in [6.07, 6.45) is 0.378. The van der Waals surface area contributed by atoms with Gasteiger partial charge in [0.05, 0.1) is 21.8 Å². The van der Waals surface area contributed by atoms with Gasteiger partial charge in [0.15, 0.2) is 0 Å². The Bertz CT molecular complexity index is 626. The molecule has 2 rings (SSSR count). The smallest absolute Gasteiger partial charge is 0.241 e. The standard InChI is InChI=1S/C15H13Cl2FN2O/c16-11-7-10(18)8-12(17)14(11)20-15(21)13(19)6-9-4-2-1-3-5-9/h1-5,7-8,13H,6,19H2,(H,20,21)/t13-/m0/s1. The maximum atomic E-state index is 13.1. The highest BCUT2D eigenvalue weighted by Crippen LogP contribution is 2.31. The summed E-state index contributed by atoms with van der Waals surface area (Å²) in [5.41, 5.74) is 6.96. The lowest BCUT2D eigenvalue weighted by Crippen LogP contribution is -2.37. The molecule has 110 valence electrons. The second-order valence-corrected chi connectivity index (χ2v) is 5.34. The molecular formula is C15H13Cl2FN2O. The lowest BCUT2D eigenvalue weighted by molar-refractivity contribution is -0.117. The highest BCUT2D eigenvalue weighted by molar-refractivity contribution is 6.39. The Balaban J connectivity index is 2.08. The Morgan fingerprint density at radius 2 is 1.76 bits per heavy atom. The number of nitrogens with two attached hydrogens (primary N) is 1. The fourth-order valence-electron chi connectivity index (χ4n) is 1.84. The van der Waals surface area contributed by atoms with Crippen molar-refractivity contribution in [1.82, 2.24) is 0 Å². The first-order valence-electron chi connectivity index (χ1n) is 6.22. The predicted octanol–water partition coefficient (Wildman–Crippen LogP) is 3.64. The van der Waals surface area contributed by atoms with Crippen LogP contribution >= 0.6 is 23.2 Å². The van der Waals surface area contributed by atoms with Gasteiger partial charge in [-0.15, -0.1) is 0 Å². The Kier molecular flexibility index (Phi) is 5.17. The molecule has 0 saturated heterocycles. The first-order valence-corrected chi connectivity index (χ1v) is 6.98. The minimum absolute atomic E-state index is 0.0280. The first-order chi connectivity index (χ1) is 9.97. The van der Waals surface area contributed by atoms with Gasteiger partial charge in [0.1, 0.15) is 5.82 Å². The van der Waals surface area contributed by atoms with Crippen molar-refractivity contribution >= 4 is 34.8 Å². The highest BCUT2D eigenvalue weighted by Gasteiger charge is 2.17. The average Bonchev–Trinajstić information content (AvgIpc) is 2.43. The summed E-state index contributed by atoms with van der Waals surface area (Å²) in [5, 5.41) is 2.59.